The molecule has 2 unspecified atom stereocenters. The van der Waals surface area contributed by atoms with Crippen molar-refractivity contribution in [2.45, 2.75) is 30.3 Å². The van der Waals surface area contributed by atoms with E-state index in [2.05, 4.69) is 4.98 Å². The first-order valence-corrected chi connectivity index (χ1v) is 9.43. The van der Waals surface area contributed by atoms with Gasteiger partial charge in [0, 0.05) is 6.26 Å². The minimum absolute atomic E-state index is 0.0260. The number of hydrogen-bond donors (Lipinski definition) is 2. The van der Waals surface area contributed by atoms with Gasteiger partial charge in [-0.2, -0.15) is 0 Å². The summed E-state index contributed by atoms with van der Waals surface area (Å²) in [6.07, 6.45) is 5.30. The number of imidazole rings is 1. The normalized spacial score (nSPS) is 23.7. The van der Waals surface area contributed by atoms with Crippen molar-refractivity contribution in [2.75, 3.05) is 6.26 Å². The van der Waals surface area contributed by atoms with E-state index in [0.717, 1.165) is 24.7 Å². The molecule has 1 heterocycles. The van der Waals surface area contributed by atoms with E-state index >= 15 is 0 Å². The molecule has 7 nitrogen and oxygen atoms in total. The highest BCUT2D eigenvalue weighted by Gasteiger charge is 2.42. The van der Waals surface area contributed by atoms with Gasteiger partial charge in [-0.1, -0.05) is 13.0 Å². The molecule has 1 aromatic heterocycles. The second-order valence-electron chi connectivity index (χ2n) is 6.31. The molecule has 8 heteroatoms. The van der Waals surface area contributed by atoms with Crippen molar-refractivity contribution in [1.82, 2.24) is 9.55 Å². The minimum Gasteiger partial charge on any atom is -0.477 e. The number of aromatic carboxylic acids is 1. The molecule has 24 heavy (non-hydrogen) atoms. The van der Waals surface area contributed by atoms with Gasteiger partial charge in [-0.05, 0) is 42.0 Å². The molecule has 0 radical (unpaired) electrons. The quantitative estimate of drug-likeness (QED) is 0.861. The highest BCUT2D eigenvalue weighted by molar-refractivity contribution is 7.90. The third-order valence-electron chi connectivity index (χ3n) is 4.80. The Labute approximate surface area is 140 Å². The second kappa shape index (κ2) is 5.42. The number of carbonyl (C=O) groups is 1. The zero-order valence-electron chi connectivity index (χ0n) is 13.4. The number of carboxylic acid groups (broad SMARTS) is 1. The summed E-state index contributed by atoms with van der Waals surface area (Å²) in [4.78, 5) is 15.6. The fourth-order valence-electron chi connectivity index (χ4n) is 3.35. The lowest BCUT2D eigenvalue weighted by Crippen LogP contribution is -2.53. The molecule has 2 atom stereocenters. The third-order valence-corrected chi connectivity index (χ3v) is 5.91. The molecule has 3 rings (SSSR count). The summed E-state index contributed by atoms with van der Waals surface area (Å²) in [5, 5.41) is 9.41. The van der Waals surface area contributed by atoms with Gasteiger partial charge in [0.05, 0.1) is 17.4 Å². The number of benzene rings is 1. The maximum Gasteiger partial charge on any atom is 0.354 e. The van der Waals surface area contributed by atoms with Gasteiger partial charge in [-0.15, -0.1) is 0 Å². The van der Waals surface area contributed by atoms with Crippen LogP contribution in [0.25, 0.3) is 0 Å². The first-order chi connectivity index (χ1) is 11.2. The number of carboxylic acids is 1. The standard InChI is InChI=1S/C16H19N3O4S/c1-10-3-4-11-5-6-12(24(2,22)23)7-13(11)16(10,17)19-9-18-8-14(19)15(20)21/h5-10H,3-4,17H2,1-2H3,(H,20,21). The van der Waals surface area contributed by atoms with Crippen LogP contribution in [0.4, 0.5) is 0 Å². The molecule has 0 bridgehead atoms. The molecule has 1 aromatic carbocycles. The van der Waals surface area contributed by atoms with E-state index in [-0.39, 0.29) is 16.5 Å². The van der Waals surface area contributed by atoms with Gasteiger partial charge in [0.1, 0.15) is 11.4 Å². The summed E-state index contributed by atoms with van der Waals surface area (Å²) in [5.41, 5.74) is 7.05. The topological polar surface area (TPSA) is 115 Å². The van der Waals surface area contributed by atoms with Crippen molar-refractivity contribution in [3.8, 4) is 0 Å². The molecular weight excluding hydrogens is 330 g/mol. The number of aromatic nitrogens is 2. The number of rotatable bonds is 3. The van der Waals surface area contributed by atoms with Crippen LogP contribution in [0, 0.1) is 5.92 Å². The third kappa shape index (κ3) is 2.42. The first-order valence-electron chi connectivity index (χ1n) is 7.54. The van der Waals surface area contributed by atoms with E-state index in [0.29, 0.717) is 5.56 Å². The average molecular weight is 349 g/mol. The van der Waals surface area contributed by atoms with Crippen molar-refractivity contribution in [2.24, 2.45) is 11.7 Å². The van der Waals surface area contributed by atoms with E-state index < -0.39 is 21.5 Å². The molecule has 0 spiro atoms. The van der Waals surface area contributed by atoms with Crippen molar-refractivity contribution in [3.05, 3.63) is 47.5 Å². The van der Waals surface area contributed by atoms with Gasteiger partial charge in [0.15, 0.2) is 9.84 Å². The van der Waals surface area contributed by atoms with Crippen LogP contribution in [-0.4, -0.2) is 35.3 Å². The lowest BCUT2D eigenvalue weighted by molar-refractivity contribution is 0.0670. The first kappa shape index (κ1) is 16.7. The fourth-order valence-corrected chi connectivity index (χ4v) is 4.00. The van der Waals surface area contributed by atoms with Crippen molar-refractivity contribution >= 4 is 15.8 Å². The molecular formula is C16H19N3O4S. The van der Waals surface area contributed by atoms with E-state index in [1.54, 1.807) is 18.2 Å². The minimum atomic E-state index is -3.40. The number of nitrogens with two attached hydrogens (primary N) is 1. The Kier molecular flexibility index (Phi) is 3.76. The summed E-state index contributed by atoms with van der Waals surface area (Å²) < 4.78 is 25.3. The fraction of sp³-hybridized carbons (Fsp3) is 0.375. The molecule has 0 saturated heterocycles. The molecule has 1 aliphatic carbocycles. The molecule has 1 aliphatic rings. The Balaban J connectivity index is 2.29. The lowest BCUT2D eigenvalue weighted by Gasteiger charge is -2.42. The van der Waals surface area contributed by atoms with Crippen LogP contribution in [-0.2, 0) is 21.9 Å². The highest BCUT2D eigenvalue weighted by Crippen LogP contribution is 2.40. The largest absolute Gasteiger partial charge is 0.477 e. The van der Waals surface area contributed by atoms with Crippen LogP contribution in [0.2, 0.25) is 0 Å². The van der Waals surface area contributed by atoms with E-state index in [9.17, 15) is 18.3 Å². The SMILES string of the molecule is CC1CCc2ccc(S(C)(=O)=O)cc2C1(N)n1cncc1C(=O)O. The number of aryl methyl sites for hydroxylation is 1. The Morgan fingerprint density at radius 3 is 2.79 bits per heavy atom. The average Bonchev–Trinajstić information content (AvgIpc) is 3.00. The van der Waals surface area contributed by atoms with Gasteiger partial charge >= 0.3 is 5.97 Å². The van der Waals surface area contributed by atoms with Crippen LogP contribution >= 0.6 is 0 Å². The Morgan fingerprint density at radius 1 is 1.46 bits per heavy atom. The van der Waals surface area contributed by atoms with E-state index in [1.165, 1.54) is 17.1 Å². The van der Waals surface area contributed by atoms with E-state index in [1.807, 2.05) is 6.92 Å². The summed E-state index contributed by atoms with van der Waals surface area (Å²) in [7, 11) is -3.40. The predicted octanol–water partition coefficient (Wildman–Crippen LogP) is 1.23. The predicted molar refractivity (Wildman–Crippen MR) is 87.5 cm³/mol. The molecule has 0 saturated carbocycles. The van der Waals surface area contributed by atoms with Crippen molar-refractivity contribution in [3.63, 3.8) is 0 Å². The number of hydrogen-bond acceptors (Lipinski definition) is 5. The van der Waals surface area contributed by atoms with Crippen LogP contribution in [0.3, 0.4) is 0 Å². The molecule has 2 aromatic rings. The number of fused-ring (bicyclic) bond motifs is 1. The lowest BCUT2D eigenvalue weighted by atomic mass is 9.75. The van der Waals surface area contributed by atoms with Gasteiger partial charge in [0.2, 0.25) is 0 Å². The molecule has 0 aliphatic heterocycles. The molecule has 0 amide bonds. The summed E-state index contributed by atoms with van der Waals surface area (Å²) >= 11 is 0. The van der Waals surface area contributed by atoms with Gasteiger partial charge in [0.25, 0.3) is 0 Å². The van der Waals surface area contributed by atoms with E-state index in [4.69, 9.17) is 5.73 Å². The number of sulfone groups is 1. The van der Waals surface area contributed by atoms with Gasteiger partial charge in [-0.25, -0.2) is 18.2 Å². The number of nitrogens with zero attached hydrogens (tertiary/aromatic N) is 2. The Bertz CT molecular complexity index is 919. The highest BCUT2D eigenvalue weighted by atomic mass is 32.2. The zero-order chi connectivity index (χ0) is 17.7. The Hall–Kier alpha value is -2.19. The smallest absolute Gasteiger partial charge is 0.354 e. The van der Waals surface area contributed by atoms with Crippen LogP contribution in [0.5, 0.6) is 0 Å². The summed E-state index contributed by atoms with van der Waals surface area (Å²) in [5.74, 6) is -1.22. The molecule has 3 N–H and O–H groups in total. The maximum atomic E-state index is 11.9. The summed E-state index contributed by atoms with van der Waals surface area (Å²) in [6, 6.07) is 4.89. The second-order valence-corrected chi connectivity index (χ2v) is 8.33. The Morgan fingerprint density at radius 2 is 2.17 bits per heavy atom. The van der Waals surface area contributed by atoms with Crippen molar-refractivity contribution < 1.29 is 18.3 Å². The van der Waals surface area contributed by atoms with Gasteiger partial charge < -0.3 is 15.4 Å². The maximum absolute atomic E-state index is 11.9. The van der Waals surface area contributed by atoms with Crippen LogP contribution < -0.4 is 5.73 Å². The van der Waals surface area contributed by atoms with Crippen LogP contribution in [0.15, 0.2) is 35.6 Å². The molecule has 128 valence electrons. The van der Waals surface area contributed by atoms with Gasteiger partial charge in [-0.3, -0.25) is 0 Å². The summed E-state index contributed by atoms with van der Waals surface area (Å²) in [6.45, 7) is 1.93. The van der Waals surface area contributed by atoms with Crippen LogP contribution in [0.1, 0.15) is 35.0 Å². The zero-order valence-corrected chi connectivity index (χ0v) is 14.2. The monoisotopic (exact) mass is 349 g/mol. The van der Waals surface area contributed by atoms with Crippen molar-refractivity contribution in [1.29, 1.82) is 0 Å². The molecule has 0 fully saturated rings.